The minimum atomic E-state index is -1.79. The van der Waals surface area contributed by atoms with E-state index in [0.29, 0.717) is 10.7 Å². The molecule has 2 N–H and O–H groups in total. The van der Waals surface area contributed by atoms with Crippen molar-refractivity contribution in [2.45, 2.75) is 38.9 Å². The Morgan fingerprint density at radius 1 is 1.25 bits per heavy atom. The first-order chi connectivity index (χ1) is 7.13. The van der Waals surface area contributed by atoms with Gasteiger partial charge in [-0.2, -0.15) is 0 Å². The zero-order valence-corrected chi connectivity index (χ0v) is 12.4. The Hall–Kier alpha value is -0.673. The molecule has 0 heterocycles. The van der Waals surface area contributed by atoms with E-state index in [-0.39, 0.29) is 5.04 Å². The summed E-state index contributed by atoms with van der Waals surface area (Å²) in [6.45, 7) is 11.0. The SMILES string of the molecule is CC(C)(C)[Si](C)(C)Oc1ccc(N)c(Cl)c1. The Kier molecular flexibility index (Phi) is 3.60. The number of benzene rings is 1. The normalized spacial score (nSPS) is 12.6. The first-order valence-electron chi connectivity index (χ1n) is 5.37. The van der Waals surface area contributed by atoms with Crippen LogP contribution < -0.4 is 10.2 Å². The van der Waals surface area contributed by atoms with Crippen molar-refractivity contribution < 1.29 is 4.43 Å². The predicted octanol–water partition coefficient (Wildman–Crippen LogP) is 4.31. The van der Waals surface area contributed by atoms with Gasteiger partial charge in [0.05, 0.1) is 10.7 Å². The average molecular weight is 258 g/mol. The van der Waals surface area contributed by atoms with Crippen LogP contribution in [0.4, 0.5) is 5.69 Å². The standard InChI is InChI=1S/C12H20ClNOSi/c1-12(2,3)16(4,5)15-9-6-7-11(14)10(13)8-9/h6-8H,14H2,1-5H3. The van der Waals surface area contributed by atoms with E-state index in [2.05, 4.69) is 33.9 Å². The van der Waals surface area contributed by atoms with Crippen LogP contribution in [-0.2, 0) is 0 Å². The monoisotopic (exact) mass is 257 g/mol. The lowest BCUT2D eigenvalue weighted by molar-refractivity contribution is 0.492. The fraction of sp³-hybridized carbons (Fsp3) is 0.500. The number of rotatable bonds is 2. The first-order valence-corrected chi connectivity index (χ1v) is 8.66. The van der Waals surface area contributed by atoms with Gasteiger partial charge in [-0.05, 0) is 36.3 Å². The van der Waals surface area contributed by atoms with Crippen LogP contribution in [0.2, 0.25) is 23.2 Å². The molecule has 0 bridgehead atoms. The summed E-state index contributed by atoms with van der Waals surface area (Å²) in [4.78, 5) is 0. The van der Waals surface area contributed by atoms with Gasteiger partial charge in [0.2, 0.25) is 8.32 Å². The highest BCUT2D eigenvalue weighted by molar-refractivity contribution is 6.74. The molecule has 1 aromatic rings. The highest BCUT2D eigenvalue weighted by atomic mass is 35.5. The molecule has 0 saturated heterocycles. The summed E-state index contributed by atoms with van der Waals surface area (Å²) in [5.41, 5.74) is 6.25. The molecule has 0 saturated carbocycles. The number of nitrogen functional groups attached to an aromatic ring is 1. The lowest BCUT2D eigenvalue weighted by Gasteiger charge is -2.36. The Balaban J connectivity index is 2.93. The molecule has 0 spiro atoms. The molecule has 0 amide bonds. The van der Waals surface area contributed by atoms with Gasteiger partial charge in [-0.15, -0.1) is 0 Å². The van der Waals surface area contributed by atoms with Crippen LogP contribution in [-0.4, -0.2) is 8.32 Å². The van der Waals surface area contributed by atoms with E-state index in [1.165, 1.54) is 0 Å². The number of hydrogen-bond acceptors (Lipinski definition) is 2. The second-order valence-corrected chi connectivity index (χ2v) is 10.7. The van der Waals surface area contributed by atoms with E-state index in [1.807, 2.05) is 6.07 Å². The Morgan fingerprint density at radius 3 is 2.25 bits per heavy atom. The molecule has 2 nitrogen and oxygen atoms in total. The molecule has 0 fully saturated rings. The Labute approximate surface area is 104 Å². The van der Waals surface area contributed by atoms with E-state index in [1.54, 1.807) is 12.1 Å². The largest absolute Gasteiger partial charge is 0.543 e. The van der Waals surface area contributed by atoms with Crippen molar-refractivity contribution in [2.75, 3.05) is 5.73 Å². The summed E-state index contributed by atoms with van der Waals surface area (Å²) in [6, 6.07) is 5.45. The molecular formula is C12H20ClNOSi. The van der Waals surface area contributed by atoms with Crippen LogP contribution in [0.15, 0.2) is 18.2 Å². The van der Waals surface area contributed by atoms with Gasteiger partial charge in [0.15, 0.2) is 0 Å². The van der Waals surface area contributed by atoms with E-state index < -0.39 is 8.32 Å². The minimum absolute atomic E-state index is 0.181. The second kappa shape index (κ2) is 4.30. The summed E-state index contributed by atoms with van der Waals surface area (Å²) < 4.78 is 6.10. The third-order valence-electron chi connectivity index (χ3n) is 3.15. The molecule has 1 aromatic carbocycles. The highest BCUT2D eigenvalue weighted by Gasteiger charge is 2.38. The third kappa shape index (κ3) is 2.92. The molecule has 16 heavy (non-hydrogen) atoms. The van der Waals surface area contributed by atoms with Crippen LogP contribution in [0.3, 0.4) is 0 Å². The van der Waals surface area contributed by atoms with E-state index in [4.69, 9.17) is 21.8 Å². The van der Waals surface area contributed by atoms with Gasteiger partial charge in [-0.25, -0.2) is 0 Å². The van der Waals surface area contributed by atoms with E-state index in [9.17, 15) is 0 Å². The van der Waals surface area contributed by atoms with Crippen molar-refractivity contribution in [3.63, 3.8) is 0 Å². The van der Waals surface area contributed by atoms with Crippen LogP contribution >= 0.6 is 11.6 Å². The molecule has 90 valence electrons. The van der Waals surface area contributed by atoms with Crippen molar-refractivity contribution >= 4 is 25.6 Å². The van der Waals surface area contributed by atoms with Gasteiger partial charge in [0, 0.05) is 0 Å². The molecule has 0 radical (unpaired) electrons. The predicted molar refractivity (Wildman–Crippen MR) is 73.7 cm³/mol. The zero-order chi connectivity index (χ0) is 12.6. The topological polar surface area (TPSA) is 35.2 Å². The van der Waals surface area contributed by atoms with E-state index >= 15 is 0 Å². The van der Waals surface area contributed by atoms with Crippen LogP contribution in [0, 0.1) is 0 Å². The number of halogens is 1. The molecule has 1 rings (SSSR count). The second-order valence-electron chi connectivity index (χ2n) is 5.55. The maximum atomic E-state index is 6.10. The van der Waals surface area contributed by atoms with Gasteiger partial charge in [-0.3, -0.25) is 0 Å². The first kappa shape index (κ1) is 13.4. The number of hydrogen-bond donors (Lipinski definition) is 1. The molecule has 0 unspecified atom stereocenters. The quantitative estimate of drug-likeness (QED) is 0.633. The fourth-order valence-electron chi connectivity index (χ4n) is 1.02. The van der Waals surface area contributed by atoms with Gasteiger partial charge in [0.1, 0.15) is 5.75 Å². The molecule has 4 heteroatoms. The highest BCUT2D eigenvalue weighted by Crippen LogP contribution is 2.38. The van der Waals surface area contributed by atoms with Crippen molar-refractivity contribution in [3.8, 4) is 5.75 Å². The van der Waals surface area contributed by atoms with Crippen molar-refractivity contribution in [1.29, 1.82) is 0 Å². The summed E-state index contributed by atoms with van der Waals surface area (Å²) in [6.07, 6.45) is 0. The van der Waals surface area contributed by atoms with Crippen LogP contribution in [0.25, 0.3) is 0 Å². The Bertz CT molecular complexity index is 385. The summed E-state index contributed by atoms with van der Waals surface area (Å²) in [5, 5.41) is 0.733. The summed E-state index contributed by atoms with van der Waals surface area (Å²) >= 11 is 5.97. The summed E-state index contributed by atoms with van der Waals surface area (Å²) in [5.74, 6) is 0.811. The summed E-state index contributed by atoms with van der Waals surface area (Å²) in [7, 11) is -1.79. The average Bonchev–Trinajstić information content (AvgIpc) is 2.09. The van der Waals surface area contributed by atoms with Gasteiger partial charge in [0.25, 0.3) is 0 Å². The van der Waals surface area contributed by atoms with Crippen LogP contribution in [0.1, 0.15) is 20.8 Å². The minimum Gasteiger partial charge on any atom is -0.543 e. The fourth-order valence-corrected chi connectivity index (χ4v) is 2.21. The van der Waals surface area contributed by atoms with Crippen LogP contribution in [0.5, 0.6) is 5.75 Å². The third-order valence-corrected chi connectivity index (χ3v) is 7.84. The zero-order valence-electron chi connectivity index (χ0n) is 10.6. The van der Waals surface area contributed by atoms with Crippen molar-refractivity contribution in [2.24, 2.45) is 0 Å². The maximum Gasteiger partial charge on any atom is 0.250 e. The lowest BCUT2D eigenvalue weighted by atomic mass is 10.2. The van der Waals surface area contributed by atoms with Gasteiger partial charge >= 0.3 is 0 Å². The Morgan fingerprint density at radius 2 is 1.81 bits per heavy atom. The molecule has 0 aliphatic heterocycles. The van der Waals surface area contributed by atoms with Gasteiger partial charge < -0.3 is 10.2 Å². The lowest BCUT2D eigenvalue weighted by Crippen LogP contribution is -2.43. The van der Waals surface area contributed by atoms with E-state index in [0.717, 1.165) is 5.75 Å². The molecule has 0 aliphatic rings. The number of anilines is 1. The van der Waals surface area contributed by atoms with Crippen molar-refractivity contribution in [1.82, 2.24) is 0 Å². The molecule has 0 aliphatic carbocycles. The number of nitrogens with two attached hydrogens (primary N) is 1. The molecule has 0 atom stereocenters. The smallest absolute Gasteiger partial charge is 0.250 e. The van der Waals surface area contributed by atoms with Crippen molar-refractivity contribution in [3.05, 3.63) is 23.2 Å². The molecular weight excluding hydrogens is 238 g/mol. The molecule has 0 aromatic heterocycles. The maximum absolute atomic E-state index is 6.10. The van der Waals surface area contributed by atoms with Gasteiger partial charge in [-0.1, -0.05) is 32.4 Å².